The highest BCUT2D eigenvalue weighted by Crippen LogP contribution is 2.22. The summed E-state index contributed by atoms with van der Waals surface area (Å²) in [6.07, 6.45) is 3.03. The lowest BCUT2D eigenvalue weighted by Crippen LogP contribution is -2.20. The molecule has 1 atom stereocenters. The number of rotatable bonds is 9. The number of esters is 2. The van der Waals surface area contributed by atoms with E-state index in [9.17, 15) is 14.4 Å². The molecule has 170 valence electrons. The average molecular weight is 449 g/mol. The number of nitrogens with zero attached hydrogens (tertiary/aromatic N) is 1. The van der Waals surface area contributed by atoms with E-state index in [2.05, 4.69) is 20.0 Å². The van der Waals surface area contributed by atoms with Crippen LogP contribution >= 0.6 is 0 Å². The highest BCUT2D eigenvalue weighted by Gasteiger charge is 2.18. The minimum absolute atomic E-state index is 0.0471. The predicted molar refractivity (Wildman–Crippen MR) is 119 cm³/mol. The number of aromatic amines is 1. The van der Waals surface area contributed by atoms with Crippen molar-refractivity contribution in [3.05, 3.63) is 83.8 Å². The van der Waals surface area contributed by atoms with Gasteiger partial charge in [0.1, 0.15) is 17.1 Å². The molecule has 0 fully saturated rings. The van der Waals surface area contributed by atoms with Crippen LogP contribution in [-0.4, -0.2) is 40.1 Å². The standard InChI is InChI=1S/C24H23N3O6/c1-15(23-26-14-19(27-23)17-6-4-3-5-7-17)25-13-16-8-9-20(32-2)18(12-16)24(31)33-22(30)11-10-21(28)29/h3-12,14-15,25H,13H2,1-2H3,(H,26,27)(H,28,29)/b11-10-. The number of carbonyl (C=O) groups is 3. The quantitative estimate of drug-likeness (QED) is 0.258. The Kier molecular flexibility index (Phi) is 7.72. The van der Waals surface area contributed by atoms with Crippen LogP contribution in [0.5, 0.6) is 5.75 Å². The summed E-state index contributed by atoms with van der Waals surface area (Å²) in [5, 5.41) is 11.9. The minimum Gasteiger partial charge on any atom is -0.496 e. The second kappa shape index (κ2) is 10.9. The average Bonchev–Trinajstić information content (AvgIpc) is 3.32. The maximum absolute atomic E-state index is 12.4. The topological polar surface area (TPSA) is 131 Å². The van der Waals surface area contributed by atoms with Crippen LogP contribution in [0.25, 0.3) is 11.3 Å². The van der Waals surface area contributed by atoms with E-state index in [1.54, 1.807) is 24.4 Å². The Labute approximate surface area is 190 Å². The number of hydrogen-bond acceptors (Lipinski definition) is 7. The molecule has 9 nitrogen and oxygen atoms in total. The summed E-state index contributed by atoms with van der Waals surface area (Å²) in [5.74, 6) is -2.37. The number of ether oxygens (including phenoxy) is 2. The first-order chi connectivity index (χ1) is 15.9. The number of methoxy groups -OCH3 is 1. The van der Waals surface area contributed by atoms with Gasteiger partial charge < -0.3 is 24.9 Å². The van der Waals surface area contributed by atoms with Crippen molar-refractivity contribution in [1.82, 2.24) is 15.3 Å². The molecular formula is C24H23N3O6. The molecule has 3 rings (SSSR count). The van der Waals surface area contributed by atoms with Crippen molar-refractivity contribution in [3.63, 3.8) is 0 Å². The number of aromatic nitrogens is 2. The van der Waals surface area contributed by atoms with Crippen LogP contribution in [0.15, 0.2) is 66.9 Å². The molecule has 0 aliphatic carbocycles. The van der Waals surface area contributed by atoms with Crippen LogP contribution in [0.1, 0.15) is 34.7 Å². The lowest BCUT2D eigenvalue weighted by Gasteiger charge is -2.13. The lowest BCUT2D eigenvalue weighted by atomic mass is 10.1. The normalized spacial score (nSPS) is 11.8. The van der Waals surface area contributed by atoms with Crippen LogP contribution in [0.4, 0.5) is 0 Å². The molecule has 33 heavy (non-hydrogen) atoms. The number of hydrogen-bond donors (Lipinski definition) is 3. The largest absolute Gasteiger partial charge is 0.496 e. The number of carboxylic acid groups (broad SMARTS) is 1. The van der Waals surface area contributed by atoms with Crippen LogP contribution in [0, 0.1) is 0 Å². The molecule has 0 bridgehead atoms. The molecule has 0 amide bonds. The summed E-state index contributed by atoms with van der Waals surface area (Å²) >= 11 is 0. The molecule has 0 saturated heterocycles. The molecule has 3 aromatic rings. The SMILES string of the molecule is COc1ccc(CNC(C)c2ncc(-c3ccccc3)[nH]2)cc1C(=O)OC(=O)/C=C\C(=O)O. The molecule has 1 unspecified atom stereocenters. The minimum atomic E-state index is -1.33. The van der Waals surface area contributed by atoms with Gasteiger partial charge in [-0.25, -0.2) is 19.4 Å². The molecule has 0 aliphatic rings. The Bertz CT molecular complexity index is 1170. The zero-order valence-corrected chi connectivity index (χ0v) is 18.1. The number of aliphatic carboxylic acids is 1. The number of nitrogens with one attached hydrogen (secondary N) is 2. The predicted octanol–water partition coefficient (Wildman–Crippen LogP) is 3.26. The Morgan fingerprint density at radius 3 is 2.61 bits per heavy atom. The summed E-state index contributed by atoms with van der Waals surface area (Å²) in [5.41, 5.74) is 2.74. The van der Waals surface area contributed by atoms with Crippen molar-refractivity contribution < 1.29 is 29.0 Å². The fourth-order valence-corrected chi connectivity index (χ4v) is 3.03. The van der Waals surface area contributed by atoms with E-state index < -0.39 is 17.9 Å². The van der Waals surface area contributed by atoms with Crippen LogP contribution in [0.3, 0.4) is 0 Å². The summed E-state index contributed by atoms with van der Waals surface area (Å²) < 4.78 is 9.86. The van der Waals surface area contributed by atoms with Gasteiger partial charge in [0, 0.05) is 18.7 Å². The Balaban J connectivity index is 1.66. The van der Waals surface area contributed by atoms with Gasteiger partial charge in [-0.05, 0) is 30.2 Å². The van der Waals surface area contributed by atoms with Crippen molar-refractivity contribution in [1.29, 1.82) is 0 Å². The number of H-pyrrole nitrogens is 1. The Hall–Kier alpha value is -4.24. The van der Waals surface area contributed by atoms with Crippen LogP contribution in [-0.2, 0) is 20.9 Å². The zero-order valence-electron chi connectivity index (χ0n) is 18.1. The van der Waals surface area contributed by atoms with Crippen molar-refractivity contribution in [2.45, 2.75) is 19.5 Å². The summed E-state index contributed by atoms with van der Waals surface area (Å²) in [6.45, 7) is 2.36. The summed E-state index contributed by atoms with van der Waals surface area (Å²) in [4.78, 5) is 42.3. The van der Waals surface area contributed by atoms with Gasteiger partial charge >= 0.3 is 17.9 Å². The van der Waals surface area contributed by atoms with E-state index in [0.29, 0.717) is 18.7 Å². The van der Waals surface area contributed by atoms with Gasteiger partial charge in [-0.3, -0.25) is 0 Å². The lowest BCUT2D eigenvalue weighted by molar-refractivity contribution is -0.134. The molecule has 3 N–H and O–H groups in total. The third-order valence-corrected chi connectivity index (χ3v) is 4.74. The second-order valence-electron chi connectivity index (χ2n) is 7.07. The van der Waals surface area contributed by atoms with Gasteiger partial charge in [0.25, 0.3) is 0 Å². The van der Waals surface area contributed by atoms with E-state index in [-0.39, 0.29) is 17.4 Å². The third-order valence-electron chi connectivity index (χ3n) is 4.74. The monoisotopic (exact) mass is 449 g/mol. The summed E-state index contributed by atoms with van der Waals surface area (Å²) in [7, 11) is 1.39. The van der Waals surface area contributed by atoms with Crippen molar-refractivity contribution in [2.75, 3.05) is 7.11 Å². The highest BCUT2D eigenvalue weighted by atomic mass is 16.6. The number of carbonyl (C=O) groups excluding carboxylic acids is 2. The zero-order chi connectivity index (χ0) is 23.8. The molecule has 1 aromatic heterocycles. The molecule has 0 radical (unpaired) electrons. The first-order valence-electron chi connectivity index (χ1n) is 10.0. The van der Waals surface area contributed by atoms with Crippen LogP contribution in [0.2, 0.25) is 0 Å². The third kappa shape index (κ3) is 6.37. The fraction of sp³-hybridized carbons (Fsp3) is 0.167. The highest BCUT2D eigenvalue weighted by molar-refractivity contribution is 6.02. The van der Waals surface area contributed by atoms with Crippen molar-refractivity contribution in [2.24, 2.45) is 0 Å². The summed E-state index contributed by atoms with van der Waals surface area (Å²) in [6, 6.07) is 14.7. The molecular weight excluding hydrogens is 426 g/mol. The Morgan fingerprint density at radius 2 is 1.91 bits per heavy atom. The first kappa shape index (κ1) is 23.4. The number of imidazole rings is 1. The molecule has 0 saturated carbocycles. The number of benzene rings is 2. The van der Waals surface area contributed by atoms with Gasteiger partial charge in [-0.2, -0.15) is 0 Å². The van der Waals surface area contributed by atoms with E-state index in [0.717, 1.165) is 22.6 Å². The maximum Gasteiger partial charge on any atom is 0.349 e. The molecule has 9 heteroatoms. The van der Waals surface area contributed by atoms with Gasteiger partial charge in [-0.1, -0.05) is 36.4 Å². The molecule has 0 aliphatic heterocycles. The fourth-order valence-electron chi connectivity index (χ4n) is 3.03. The van der Waals surface area contributed by atoms with Crippen molar-refractivity contribution in [3.8, 4) is 17.0 Å². The van der Waals surface area contributed by atoms with Gasteiger partial charge in [0.15, 0.2) is 0 Å². The Morgan fingerprint density at radius 1 is 1.15 bits per heavy atom. The van der Waals surface area contributed by atoms with Gasteiger partial charge in [0.2, 0.25) is 0 Å². The number of carboxylic acids is 1. The van der Waals surface area contributed by atoms with E-state index >= 15 is 0 Å². The van der Waals surface area contributed by atoms with E-state index in [4.69, 9.17) is 9.84 Å². The van der Waals surface area contributed by atoms with E-state index in [1.807, 2.05) is 37.3 Å². The van der Waals surface area contributed by atoms with Crippen LogP contribution < -0.4 is 10.1 Å². The van der Waals surface area contributed by atoms with Gasteiger partial charge in [-0.15, -0.1) is 0 Å². The molecule has 1 heterocycles. The van der Waals surface area contributed by atoms with E-state index in [1.165, 1.54) is 7.11 Å². The molecule has 0 spiro atoms. The maximum atomic E-state index is 12.4. The van der Waals surface area contributed by atoms with Gasteiger partial charge in [0.05, 0.1) is 25.0 Å². The molecule has 2 aromatic carbocycles. The first-order valence-corrected chi connectivity index (χ1v) is 10.0. The smallest absolute Gasteiger partial charge is 0.349 e. The second-order valence-corrected chi connectivity index (χ2v) is 7.07. The van der Waals surface area contributed by atoms with Crippen molar-refractivity contribution >= 4 is 17.9 Å².